The van der Waals surface area contributed by atoms with Crippen molar-refractivity contribution in [1.29, 1.82) is 0 Å². The Morgan fingerprint density at radius 2 is 1.31 bits per heavy atom. The number of fused-ring (bicyclic) bond motifs is 2. The van der Waals surface area contributed by atoms with Crippen LogP contribution in [-0.2, 0) is 0 Å². The van der Waals surface area contributed by atoms with E-state index in [1.54, 1.807) is 0 Å². The lowest BCUT2D eigenvalue weighted by Gasteiger charge is -2.28. The Morgan fingerprint density at radius 3 is 2.14 bits per heavy atom. The van der Waals surface area contributed by atoms with Crippen molar-refractivity contribution in [3.05, 3.63) is 108 Å². The number of anilines is 3. The predicted octanol–water partition coefficient (Wildman–Crippen LogP) is 6.66. The number of ether oxygens (including phenoxy) is 1. The topological polar surface area (TPSA) is 29.5 Å². The Hall–Kier alpha value is -3.85. The van der Waals surface area contributed by atoms with E-state index in [9.17, 15) is 4.79 Å². The van der Waals surface area contributed by atoms with Gasteiger partial charge >= 0.3 is 5.97 Å². The molecule has 5 rings (SSSR count). The summed E-state index contributed by atoms with van der Waals surface area (Å²) in [6.07, 6.45) is 0. The molecule has 0 N–H and O–H groups in total. The summed E-state index contributed by atoms with van der Waals surface area (Å²) in [5.41, 5.74) is 6.59. The molecule has 0 aromatic heterocycles. The fraction of sp³-hybridized carbons (Fsp3) is 0.0385. The zero-order valence-corrected chi connectivity index (χ0v) is 16.0. The van der Waals surface area contributed by atoms with E-state index in [-0.39, 0.29) is 5.97 Å². The fourth-order valence-electron chi connectivity index (χ4n) is 3.81. The van der Waals surface area contributed by atoms with Gasteiger partial charge in [0.2, 0.25) is 0 Å². The highest BCUT2D eigenvalue weighted by Crippen LogP contribution is 2.47. The van der Waals surface area contributed by atoms with Crippen LogP contribution in [0.25, 0.3) is 11.1 Å². The Labute approximate surface area is 169 Å². The molecule has 140 valence electrons. The summed E-state index contributed by atoms with van der Waals surface area (Å²) in [6.45, 7) is 2.09. The molecule has 0 amide bonds. The fourth-order valence-corrected chi connectivity index (χ4v) is 3.81. The summed E-state index contributed by atoms with van der Waals surface area (Å²) in [4.78, 5) is 14.9. The third-order valence-corrected chi connectivity index (χ3v) is 5.15. The van der Waals surface area contributed by atoms with Gasteiger partial charge in [0.05, 0.1) is 22.6 Å². The number of nitrogens with zero attached hydrogens (tertiary/aromatic N) is 1. The number of aryl methyl sites for hydroxylation is 1. The number of carbonyl (C=O) groups excluding carboxylic acids is 1. The average molecular weight is 377 g/mol. The molecule has 0 radical (unpaired) electrons. The molecule has 0 bridgehead atoms. The number of para-hydroxylation sites is 3. The second-order valence-electron chi connectivity index (χ2n) is 7.10. The largest absolute Gasteiger partial charge is 0.421 e. The van der Waals surface area contributed by atoms with Gasteiger partial charge in [0, 0.05) is 5.56 Å². The molecule has 3 heteroatoms. The number of rotatable bonds is 2. The highest BCUT2D eigenvalue weighted by molar-refractivity contribution is 6.04. The van der Waals surface area contributed by atoms with Gasteiger partial charge in [-0.1, -0.05) is 66.2 Å². The quantitative estimate of drug-likeness (QED) is 0.289. The van der Waals surface area contributed by atoms with E-state index in [4.69, 9.17) is 4.74 Å². The molecule has 3 nitrogen and oxygen atoms in total. The van der Waals surface area contributed by atoms with E-state index in [0.717, 1.165) is 28.2 Å². The molecule has 29 heavy (non-hydrogen) atoms. The van der Waals surface area contributed by atoms with Crippen LogP contribution in [0, 0.1) is 6.92 Å². The molecule has 1 aliphatic rings. The maximum Gasteiger partial charge on any atom is 0.345 e. The summed E-state index contributed by atoms with van der Waals surface area (Å²) in [7, 11) is 0. The molecule has 4 aromatic rings. The molecule has 1 aliphatic heterocycles. The van der Waals surface area contributed by atoms with E-state index >= 15 is 0 Å². The van der Waals surface area contributed by atoms with Gasteiger partial charge in [-0.3, -0.25) is 0 Å². The summed E-state index contributed by atoms with van der Waals surface area (Å²) in [6, 6.07) is 32.0. The van der Waals surface area contributed by atoms with Gasteiger partial charge in [-0.15, -0.1) is 0 Å². The molecule has 0 fully saturated rings. The minimum absolute atomic E-state index is 0.344. The van der Waals surface area contributed by atoms with Crippen LogP contribution >= 0.6 is 0 Å². The van der Waals surface area contributed by atoms with Crippen LogP contribution in [-0.4, -0.2) is 5.97 Å². The maximum atomic E-state index is 12.8. The van der Waals surface area contributed by atoms with Crippen molar-refractivity contribution in [2.24, 2.45) is 0 Å². The van der Waals surface area contributed by atoms with Gasteiger partial charge in [0.25, 0.3) is 0 Å². The molecular formula is C26H19NO2. The normalized spacial score (nSPS) is 12.6. The monoisotopic (exact) mass is 377 g/mol. The standard InChI is InChI=1S/C26H19NO2/c1-18-15-16-23(21(17-18)19-9-3-2-4-10-19)27-22-12-6-5-11-20(22)26(28)29-25-14-8-7-13-24(25)27/h2-17H,1H3. The molecular weight excluding hydrogens is 358 g/mol. The summed E-state index contributed by atoms with van der Waals surface area (Å²) < 4.78 is 5.72. The van der Waals surface area contributed by atoms with Gasteiger partial charge in [-0.2, -0.15) is 0 Å². The summed E-state index contributed by atoms with van der Waals surface area (Å²) in [5, 5.41) is 0. The third kappa shape index (κ3) is 2.97. The van der Waals surface area contributed by atoms with Crippen molar-refractivity contribution in [1.82, 2.24) is 0 Å². The number of hydrogen-bond acceptors (Lipinski definition) is 3. The van der Waals surface area contributed by atoms with Gasteiger partial charge < -0.3 is 9.64 Å². The second kappa shape index (κ2) is 6.95. The molecule has 0 aliphatic carbocycles. The van der Waals surface area contributed by atoms with Crippen LogP contribution in [0.3, 0.4) is 0 Å². The number of esters is 1. The lowest BCUT2D eigenvalue weighted by atomic mass is 9.99. The van der Waals surface area contributed by atoms with E-state index in [1.165, 1.54) is 5.56 Å². The Balaban J connectivity index is 1.84. The van der Waals surface area contributed by atoms with Crippen LogP contribution in [0.4, 0.5) is 17.1 Å². The van der Waals surface area contributed by atoms with E-state index in [0.29, 0.717) is 11.3 Å². The average Bonchev–Trinajstić information content (AvgIpc) is 2.89. The van der Waals surface area contributed by atoms with Gasteiger partial charge in [0.1, 0.15) is 0 Å². The number of benzene rings is 4. The summed E-state index contributed by atoms with van der Waals surface area (Å²) >= 11 is 0. The molecule has 0 saturated heterocycles. The van der Waals surface area contributed by atoms with Crippen LogP contribution in [0.1, 0.15) is 15.9 Å². The maximum absolute atomic E-state index is 12.8. The first kappa shape index (κ1) is 17.3. The highest BCUT2D eigenvalue weighted by atomic mass is 16.5. The molecule has 4 aromatic carbocycles. The lowest BCUT2D eigenvalue weighted by molar-refractivity contribution is 0.0738. The van der Waals surface area contributed by atoms with Crippen LogP contribution < -0.4 is 9.64 Å². The van der Waals surface area contributed by atoms with Crippen molar-refractivity contribution >= 4 is 23.0 Å². The second-order valence-corrected chi connectivity index (χ2v) is 7.10. The first-order valence-electron chi connectivity index (χ1n) is 9.59. The zero-order valence-electron chi connectivity index (χ0n) is 16.0. The number of carbonyl (C=O) groups is 1. The molecule has 0 unspecified atom stereocenters. The molecule has 0 saturated carbocycles. The van der Waals surface area contributed by atoms with Crippen LogP contribution in [0.2, 0.25) is 0 Å². The van der Waals surface area contributed by atoms with Gasteiger partial charge in [-0.25, -0.2) is 4.79 Å². The minimum atomic E-state index is -0.344. The van der Waals surface area contributed by atoms with E-state index < -0.39 is 0 Å². The SMILES string of the molecule is Cc1ccc(N2c3ccccc3OC(=O)c3ccccc32)c(-c2ccccc2)c1. The van der Waals surface area contributed by atoms with Gasteiger partial charge in [-0.05, 0) is 48.9 Å². The molecule has 0 atom stereocenters. The number of hydrogen-bond donors (Lipinski definition) is 0. The zero-order chi connectivity index (χ0) is 19.8. The van der Waals surface area contributed by atoms with E-state index in [2.05, 4.69) is 42.2 Å². The van der Waals surface area contributed by atoms with Crippen LogP contribution in [0.15, 0.2) is 97.1 Å². The summed E-state index contributed by atoms with van der Waals surface area (Å²) in [5.74, 6) is 0.206. The lowest BCUT2D eigenvalue weighted by Crippen LogP contribution is -2.13. The van der Waals surface area contributed by atoms with Crippen molar-refractivity contribution < 1.29 is 9.53 Å². The van der Waals surface area contributed by atoms with Crippen molar-refractivity contribution in [2.75, 3.05) is 4.90 Å². The van der Waals surface area contributed by atoms with Crippen molar-refractivity contribution in [2.45, 2.75) is 6.92 Å². The Kier molecular flexibility index (Phi) is 4.14. The Bertz CT molecular complexity index is 1210. The van der Waals surface area contributed by atoms with Crippen molar-refractivity contribution in [3.63, 3.8) is 0 Å². The third-order valence-electron chi connectivity index (χ3n) is 5.15. The first-order chi connectivity index (χ1) is 14.2. The van der Waals surface area contributed by atoms with E-state index in [1.807, 2.05) is 66.7 Å². The minimum Gasteiger partial charge on any atom is -0.421 e. The Morgan fingerprint density at radius 1 is 0.655 bits per heavy atom. The molecule has 0 spiro atoms. The van der Waals surface area contributed by atoms with Gasteiger partial charge in [0.15, 0.2) is 5.75 Å². The van der Waals surface area contributed by atoms with Crippen LogP contribution in [0.5, 0.6) is 5.75 Å². The smallest absolute Gasteiger partial charge is 0.345 e. The molecule has 1 heterocycles. The first-order valence-corrected chi connectivity index (χ1v) is 9.59. The highest BCUT2D eigenvalue weighted by Gasteiger charge is 2.28. The van der Waals surface area contributed by atoms with Crippen molar-refractivity contribution in [3.8, 4) is 16.9 Å². The predicted molar refractivity (Wildman–Crippen MR) is 116 cm³/mol.